The second-order valence-electron chi connectivity index (χ2n) is 4.84. The smallest absolute Gasteiger partial charge is 0.273 e. The highest BCUT2D eigenvalue weighted by Crippen LogP contribution is 2.30. The number of hydrogen-bond donors (Lipinski definition) is 2. The van der Waals surface area contributed by atoms with Gasteiger partial charge in [-0.1, -0.05) is 0 Å². The Kier molecular flexibility index (Phi) is 3.48. The van der Waals surface area contributed by atoms with Crippen LogP contribution in [-0.2, 0) is 4.79 Å². The topological polar surface area (TPSA) is 74.3 Å². The third kappa shape index (κ3) is 2.93. The highest BCUT2D eigenvalue weighted by Gasteiger charge is 2.30. The second kappa shape index (κ2) is 5.26. The minimum atomic E-state index is -0.0512. The van der Waals surface area contributed by atoms with Crippen LogP contribution >= 0.6 is 11.3 Å². The fraction of sp³-hybridized carbons (Fsp3) is 0.583. The lowest BCUT2D eigenvalue weighted by molar-refractivity contribution is -0.117. The fourth-order valence-electron chi connectivity index (χ4n) is 2.01. The summed E-state index contributed by atoms with van der Waals surface area (Å²) in [7, 11) is 0. The highest BCUT2D eigenvalue weighted by atomic mass is 32.1. The van der Waals surface area contributed by atoms with Gasteiger partial charge in [0.1, 0.15) is 5.69 Å². The van der Waals surface area contributed by atoms with Gasteiger partial charge < -0.3 is 15.5 Å². The van der Waals surface area contributed by atoms with Gasteiger partial charge in [0.2, 0.25) is 5.91 Å². The number of nitrogens with one attached hydrogen (secondary N) is 2. The van der Waals surface area contributed by atoms with Crippen molar-refractivity contribution in [3.63, 3.8) is 0 Å². The first-order valence-corrected chi connectivity index (χ1v) is 7.38. The van der Waals surface area contributed by atoms with E-state index in [0.29, 0.717) is 23.9 Å². The number of carbonyl (C=O) groups is 2. The Morgan fingerprint density at radius 1 is 1.37 bits per heavy atom. The van der Waals surface area contributed by atoms with Crippen molar-refractivity contribution in [1.82, 2.24) is 15.2 Å². The maximum absolute atomic E-state index is 12.2. The summed E-state index contributed by atoms with van der Waals surface area (Å²) in [5.74, 6) is 0.122. The molecule has 102 valence electrons. The summed E-state index contributed by atoms with van der Waals surface area (Å²) in [5.41, 5.74) is 0.429. The van der Waals surface area contributed by atoms with Gasteiger partial charge >= 0.3 is 0 Å². The lowest BCUT2D eigenvalue weighted by atomic mass is 10.3. The van der Waals surface area contributed by atoms with Crippen molar-refractivity contribution in [2.45, 2.75) is 12.8 Å². The summed E-state index contributed by atoms with van der Waals surface area (Å²) in [6.07, 6.45) is 1.92. The van der Waals surface area contributed by atoms with E-state index in [-0.39, 0.29) is 17.7 Å². The molecule has 0 atom stereocenters. The summed E-state index contributed by atoms with van der Waals surface area (Å²) in [6.45, 7) is 3.06. The van der Waals surface area contributed by atoms with Gasteiger partial charge in [-0.15, -0.1) is 11.3 Å². The van der Waals surface area contributed by atoms with Crippen LogP contribution in [0.1, 0.15) is 23.3 Å². The molecule has 2 aliphatic rings. The molecular weight excluding hydrogens is 264 g/mol. The van der Waals surface area contributed by atoms with Crippen LogP contribution in [0.3, 0.4) is 0 Å². The Bertz CT molecular complexity index is 492. The Morgan fingerprint density at radius 2 is 2.11 bits per heavy atom. The maximum Gasteiger partial charge on any atom is 0.273 e. The number of piperazine rings is 1. The molecule has 2 heterocycles. The standard InChI is InChI=1S/C12H16N4O2S/c17-10(8-1-2-8)15-12-14-9(7-19-12)11(18)16-5-3-13-4-6-16/h7-8,13H,1-6H2,(H,14,15,17). The monoisotopic (exact) mass is 280 g/mol. The zero-order valence-electron chi connectivity index (χ0n) is 10.5. The minimum Gasteiger partial charge on any atom is -0.335 e. The third-order valence-electron chi connectivity index (χ3n) is 3.31. The van der Waals surface area contributed by atoms with Gasteiger partial charge in [0.15, 0.2) is 5.13 Å². The SMILES string of the molecule is O=C(Nc1nc(C(=O)N2CCNCC2)cs1)C1CC1. The van der Waals surface area contributed by atoms with Gasteiger partial charge in [-0.25, -0.2) is 4.98 Å². The van der Waals surface area contributed by atoms with Crippen molar-refractivity contribution in [2.24, 2.45) is 5.92 Å². The number of carbonyl (C=O) groups excluding carboxylic acids is 2. The number of rotatable bonds is 3. The molecule has 0 unspecified atom stereocenters. The lowest BCUT2D eigenvalue weighted by Gasteiger charge is -2.26. The first-order chi connectivity index (χ1) is 9.24. The Hall–Kier alpha value is -1.47. The average molecular weight is 280 g/mol. The zero-order valence-corrected chi connectivity index (χ0v) is 11.3. The molecular formula is C12H16N4O2S. The molecule has 2 amide bonds. The molecule has 0 bridgehead atoms. The van der Waals surface area contributed by atoms with Crippen LogP contribution in [0.15, 0.2) is 5.38 Å². The molecule has 1 saturated heterocycles. The van der Waals surface area contributed by atoms with E-state index >= 15 is 0 Å². The van der Waals surface area contributed by atoms with E-state index in [0.717, 1.165) is 25.9 Å². The van der Waals surface area contributed by atoms with Crippen molar-refractivity contribution in [1.29, 1.82) is 0 Å². The number of hydrogen-bond acceptors (Lipinski definition) is 5. The molecule has 6 nitrogen and oxygen atoms in total. The van der Waals surface area contributed by atoms with Gasteiger partial charge in [0.25, 0.3) is 5.91 Å². The van der Waals surface area contributed by atoms with Crippen LogP contribution in [0.5, 0.6) is 0 Å². The largest absolute Gasteiger partial charge is 0.335 e. The van der Waals surface area contributed by atoms with Crippen LogP contribution in [0, 0.1) is 5.92 Å². The molecule has 1 saturated carbocycles. The van der Waals surface area contributed by atoms with Crippen molar-refractivity contribution in [2.75, 3.05) is 31.5 Å². The predicted octanol–water partition coefficient (Wildman–Crippen LogP) is 0.537. The zero-order chi connectivity index (χ0) is 13.2. The molecule has 0 radical (unpaired) electrons. The molecule has 0 aromatic carbocycles. The Morgan fingerprint density at radius 3 is 2.79 bits per heavy atom. The van der Waals surface area contributed by atoms with E-state index in [1.54, 1.807) is 10.3 Å². The van der Waals surface area contributed by atoms with Gasteiger partial charge in [0.05, 0.1) is 0 Å². The molecule has 1 aromatic heterocycles. The van der Waals surface area contributed by atoms with E-state index in [1.807, 2.05) is 0 Å². The Labute approximate surface area is 115 Å². The third-order valence-corrected chi connectivity index (χ3v) is 4.06. The highest BCUT2D eigenvalue weighted by molar-refractivity contribution is 7.14. The molecule has 0 spiro atoms. The number of nitrogens with zero attached hydrogens (tertiary/aromatic N) is 2. The summed E-state index contributed by atoms with van der Waals surface area (Å²) in [6, 6.07) is 0. The van der Waals surface area contributed by atoms with Crippen LogP contribution in [0.25, 0.3) is 0 Å². The van der Waals surface area contributed by atoms with E-state index in [1.165, 1.54) is 11.3 Å². The summed E-state index contributed by atoms with van der Waals surface area (Å²) < 4.78 is 0. The summed E-state index contributed by atoms with van der Waals surface area (Å²) in [4.78, 5) is 29.8. The summed E-state index contributed by atoms with van der Waals surface area (Å²) in [5, 5.41) is 8.21. The molecule has 7 heteroatoms. The first-order valence-electron chi connectivity index (χ1n) is 6.50. The van der Waals surface area contributed by atoms with Crippen LogP contribution in [0.4, 0.5) is 5.13 Å². The second-order valence-corrected chi connectivity index (χ2v) is 5.70. The number of anilines is 1. The van der Waals surface area contributed by atoms with Crippen molar-refractivity contribution >= 4 is 28.3 Å². The van der Waals surface area contributed by atoms with Crippen molar-refractivity contribution < 1.29 is 9.59 Å². The number of aromatic nitrogens is 1. The van der Waals surface area contributed by atoms with Gasteiger partial charge in [-0.05, 0) is 12.8 Å². The normalized spacial score (nSPS) is 19.3. The van der Waals surface area contributed by atoms with Crippen LogP contribution < -0.4 is 10.6 Å². The van der Waals surface area contributed by atoms with Crippen LogP contribution in [-0.4, -0.2) is 47.9 Å². The quantitative estimate of drug-likeness (QED) is 0.847. The van der Waals surface area contributed by atoms with E-state index in [2.05, 4.69) is 15.6 Å². The molecule has 2 fully saturated rings. The van der Waals surface area contributed by atoms with Gasteiger partial charge in [0, 0.05) is 37.5 Å². The van der Waals surface area contributed by atoms with Crippen molar-refractivity contribution in [3.05, 3.63) is 11.1 Å². The predicted molar refractivity (Wildman–Crippen MR) is 72.2 cm³/mol. The molecule has 19 heavy (non-hydrogen) atoms. The van der Waals surface area contributed by atoms with Crippen LogP contribution in [0.2, 0.25) is 0 Å². The van der Waals surface area contributed by atoms with E-state index < -0.39 is 0 Å². The van der Waals surface area contributed by atoms with Crippen molar-refractivity contribution in [3.8, 4) is 0 Å². The molecule has 2 N–H and O–H groups in total. The lowest BCUT2D eigenvalue weighted by Crippen LogP contribution is -2.46. The number of thiazole rings is 1. The van der Waals surface area contributed by atoms with E-state index in [4.69, 9.17) is 0 Å². The molecule has 3 rings (SSSR count). The average Bonchev–Trinajstić information content (AvgIpc) is 3.20. The fourth-order valence-corrected chi connectivity index (χ4v) is 2.70. The molecule has 1 aromatic rings. The number of amides is 2. The molecule has 1 aliphatic heterocycles. The van der Waals surface area contributed by atoms with Gasteiger partial charge in [-0.2, -0.15) is 0 Å². The molecule has 1 aliphatic carbocycles. The van der Waals surface area contributed by atoms with Gasteiger partial charge in [-0.3, -0.25) is 9.59 Å². The summed E-state index contributed by atoms with van der Waals surface area (Å²) >= 11 is 1.31. The maximum atomic E-state index is 12.2. The first kappa shape index (κ1) is 12.6. The van der Waals surface area contributed by atoms with E-state index in [9.17, 15) is 9.59 Å². The Balaban J connectivity index is 1.62. The minimum absolute atomic E-state index is 0.0236.